The van der Waals surface area contributed by atoms with Crippen LogP contribution in [0, 0.1) is 18.3 Å². The lowest BCUT2D eigenvalue weighted by atomic mass is 9.68. The van der Waals surface area contributed by atoms with Gasteiger partial charge >= 0.3 is 5.97 Å². The second-order valence-electron chi connectivity index (χ2n) is 9.09. The van der Waals surface area contributed by atoms with Crippen molar-refractivity contribution >= 4 is 29.4 Å². The Morgan fingerprint density at radius 3 is 2.69 bits per heavy atom. The number of ether oxygens (including phenoxy) is 1. The van der Waals surface area contributed by atoms with Crippen molar-refractivity contribution in [2.24, 2.45) is 11.3 Å². The van der Waals surface area contributed by atoms with Gasteiger partial charge in [0.15, 0.2) is 0 Å². The second-order valence-corrected chi connectivity index (χ2v) is 9.52. The molecule has 0 radical (unpaired) electrons. The largest absolute Gasteiger partial charge is 0.465 e. The van der Waals surface area contributed by atoms with Gasteiger partial charge in [-0.1, -0.05) is 29.8 Å². The van der Waals surface area contributed by atoms with Crippen LogP contribution in [0.1, 0.15) is 49.7 Å². The number of fused-ring (bicyclic) bond motifs is 1. The Kier molecular flexibility index (Phi) is 7.65. The van der Waals surface area contributed by atoms with Crippen molar-refractivity contribution < 1.29 is 23.5 Å². The van der Waals surface area contributed by atoms with E-state index in [1.54, 1.807) is 17.9 Å². The minimum absolute atomic E-state index is 0.0911. The van der Waals surface area contributed by atoms with Crippen LogP contribution in [0.4, 0.5) is 0 Å². The molecule has 1 N–H and O–H groups in total. The molecular formula is C27H31ClN2O5. The molecule has 1 saturated heterocycles. The third-order valence-electron chi connectivity index (χ3n) is 6.84. The first-order valence-corrected chi connectivity index (χ1v) is 12.5. The van der Waals surface area contributed by atoms with Crippen molar-refractivity contribution in [3.8, 4) is 0 Å². The Balaban J connectivity index is 1.57. The molecule has 0 bridgehead atoms. The minimum Gasteiger partial charge on any atom is -0.465 e. The molecule has 0 unspecified atom stereocenters. The Hall–Kier alpha value is -3.06. The van der Waals surface area contributed by atoms with Crippen LogP contribution in [0.25, 0.3) is 0 Å². The fourth-order valence-corrected chi connectivity index (χ4v) is 5.29. The van der Waals surface area contributed by atoms with Crippen LogP contribution in [0.3, 0.4) is 0 Å². The molecule has 0 spiro atoms. The van der Waals surface area contributed by atoms with Crippen LogP contribution >= 0.6 is 11.6 Å². The third kappa shape index (κ3) is 5.15. The Bertz CT molecular complexity index is 1120. The first-order chi connectivity index (χ1) is 16.8. The van der Waals surface area contributed by atoms with Crippen LogP contribution < -0.4 is 5.32 Å². The van der Waals surface area contributed by atoms with Crippen molar-refractivity contribution in [2.75, 3.05) is 13.2 Å². The summed E-state index contributed by atoms with van der Waals surface area (Å²) in [5.41, 5.74) is 0.583. The average molecular weight is 499 g/mol. The molecule has 2 aromatic rings. The maximum Gasteiger partial charge on any atom is 0.318 e. The van der Waals surface area contributed by atoms with Gasteiger partial charge in [0.2, 0.25) is 11.8 Å². The molecule has 1 fully saturated rings. The van der Waals surface area contributed by atoms with E-state index in [1.807, 2.05) is 43.3 Å². The molecule has 7 nitrogen and oxygen atoms in total. The zero-order valence-corrected chi connectivity index (χ0v) is 20.9. The lowest BCUT2D eigenvalue weighted by molar-refractivity contribution is -0.158. The molecule has 1 aromatic carbocycles. The molecule has 1 aliphatic heterocycles. The number of allylic oxidation sites excluding steroid dienone is 1. The number of nitrogens with one attached hydrogen (secondary N) is 1. The maximum atomic E-state index is 13.7. The van der Waals surface area contributed by atoms with Crippen molar-refractivity contribution in [1.29, 1.82) is 0 Å². The molecule has 2 heterocycles. The first kappa shape index (κ1) is 25.0. The summed E-state index contributed by atoms with van der Waals surface area (Å²) in [6.45, 7) is 4.44. The molecule has 35 heavy (non-hydrogen) atoms. The summed E-state index contributed by atoms with van der Waals surface area (Å²) in [5.74, 6) is -0.342. The van der Waals surface area contributed by atoms with Crippen LogP contribution in [-0.4, -0.2) is 35.8 Å². The Morgan fingerprint density at radius 2 is 2.00 bits per heavy atom. The lowest BCUT2D eigenvalue weighted by Crippen LogP contribution is -2.43. The van der Waals surface area contributed by atoms with Crippen LogP contribution in [0.5, 0.6) is 0 Å². The van der Waals surface area contributed by atoms with E-state index in [1.165, 1.54) is 0 Å². The Morgan fingerprint density at radius 1 is 1.23 bits per heavy atom. The third-order valence-corrected chi connectivity index (χ3v) is 7.09. The highest BCUT2D eigenvalue weighted by atomic mass is 35.5. The van der Waals surface area contributed by atoms with E-state index < -0.39 is 17.3 Å². The number of carbonyl (C=O) groups excluding carboxylic acids is 3. The number of esters is 1. The predicted octanol–water partition coefficient (Wildman–Crippen LogP) is 4.57. The van der Waals surface area contributed by atoms with Gasteiger partial charge < -0.3 is 19.4 Å². The van der Waals surface area contributed by atoms with Gasteiger partial charge in [0.25, 0.3) is 0 Å². The van der Waals surface area contributed by atoms with Gasteiger partial charge in [0.05, 0.1) is 19.1 Å². The van der Waals surface area contributed by atoms with E-state index in [0.717, 1.165) is 24.2 Å². The summed E-state index contributed by atoms with van der Waals surface area (Å²) in [6, 6.07) is 11.1. The first-order valence-electron chi connectivity index (χ1n) is 12.1. The number of halogens is 1. The normalized spacial score (nSPS) is 21.5. The molecule has 2 amide bonds. The van der Waals surface area contributed by atoms with Crippen LogP contribution in [0.2, 0.25) is 5.02 Å². The number of furan rings is 1. The molecule has 8 heteroatoms. The SMILES string of the molecule is CCOC(=O)[C@@]12CCCC=C1N(CCc1ccc(Cl)cc1)C(=O)[C@H]2CC(=O)NCc1ccc(C)o1. The Labute approximate surface area is 210 Å². The quantitative estimate of drug-likeness (QED) is 0.512. The number of benzene rings is 1. The minimum atomic E-state index is -1.13. The smallest absolute Gasteiger partial charge is 0.318 e. The maximum absolute atomic E-state index is 13.7. The molecule has 186 valence electrons. The van der Waals surface area contributed by atoms with E-state index in [2.05, 4.69) is 5.32 Å². The average Bonchev–Trinajstić information content (AvgIpc) is 3.37. The highest BCUT2D eigenvalue weighted by molar-refractivity contribution is 6.30. The predicted molar refractivity (Wildman–Crippen MR) is 131 cm³/mol. The molecule has 1 aromatic heterocycles. The number of carbonyl (C=O) groups is 3. The summed E-state index contributed by atoms with van der Waals surface area (Å²) in [6.07, 6.45) is 4.50. The summed E-state index contributed by atoms with van der Waals surface area (Å²) in [5, 5.41) is 3.48. The second kappa shape index (κ2) is 10.7. The van der Waals surface area contributed by atoms with E-state index in [4.69, 9.17) is 20.8 Å². The van der Waals surface area contributed by atoms with Crippen LogP contribution in [-0.2, 0) is 32.1 Å². The zero-order chi connectivity index (χ0) is 25.0. The lowest BCUT2D eigenvalue weighted by Gasteiger charge is -2.35. The van der Waals surface area contributed by atoms with Crippen molar-refractivity contribution in [3.63, 3.8) is 0 Å². The number of likely N-dealkylation sites (tertiary alicyclic amines) is 1. The zero-order valence-electron chi connectivity index (χ0n) is 20.1. The van der Waals surface area contributed by atoms with Gasteiger partial charge in [0, 0.05) is 23.7 Å². The van der Waals surface area contributed by atoms with Crippen molar-refractivity contribution in [1.82, 2.24) is 10.2 Å². The fraction of sp³-hybridized carbons (Fsp3) is 0.444. The van der Waals surface area contributed by atoms with Gasteiger partial charge in [0.1, 0.15) is 16.9 Å². The monoisotopic (exact) mass is 498 g/mol. The highest BCUT2D eigenvalue weighted by Gasteiger charge is 2.61. The number of rotatable bonds is 9. The van der Waals surface area contributed by atoms with Crippen molar-refractivity contribution in [3.05, 3.63) is 70.3 Å². The number of hydrogen-bond donors (Lipinski definition) is 1. The van der Waals surface area contributed by atoms with Crippen molar-refractivity contribution in [2.45, 2.75) is 52.5 Å². The van der Waals surface area contributed by atoms with Gasteiger partial charge in [-0.15, -0.1) is 0 Å². The van der Waals surface area contributed by atoms with E-state index in [0.29, 0.717) is 35.9 Å². The summed E-state index contributed by atoms with van der Waals surface area (Å²) < 4.78 is 11.0. The summed E-state index contributed by atoms with van der Waals surface area (Å²) >= 11 is 6.00. The molecule has 4 rings (SSSR count). The standard InChI is InChI=1S/C27H31ClN2O5/c1-3-34-26(33)27-14-5-4-6-23(27)30(15-13-19-8-10-20(28)11-9-19)25(32)22(27)16-24(31)29-17-21-12-7-18(2)35-21/h6-12,22H,3-5,13-17H2,1-2H3,(H,29,31)/t22-,27-/m1/s1. The molecule has 2 atom stereocenters. The summed E-state index contributed by atoms with van der Waals surface area (Å²) in [4.78, 5) is 41.7. The van der Waals surface area contributed by atoms with E-state index in [-0.39, 0.29) is 31.4 Å². The van der Waals surface area contributed by atoms with E-state index >= 15 is 0 Å². The van der Waals surface area contributed by atoms with Gasteiger partial charge in [-0.05, 0) is 69.4 Å². The summed E-state index contributed by atoms with van der Waals surface area (Å²) in [7, 11) is 0. The molecule has 1 aliphatic carbocycles. The fourth-order valence-electron chi connectivity index (χ4n) is 5.17. The topological polar surface area (TPSA) is 88.8 Å². The molecule has 0 saturated carbocycles. The number of nitrogens with zero attached hydrogens (tertiary/aromatic N) is 1. The molecule has 2 aliphatic rings. The number of hydrogen-bond acceptors (Lipinski definition) is 5. The van der Waals surface area contributed by atoms with Gasteiger partial charge in [-0.3, -0.25) is 14.4 Å². The van der Waals surface area contributed by atoms with Crippen LogP contribution in [0.15, 0.2) is 52.6 Å². The number of amides is 2. The number of aryl methyl sites for hydroxylation is 1. The van der Waals surface area contributed by atoms with E-state index in [9.17, 15) is 14.4 Å². The van der Waals surface area contributed by atoms with Gasteiger partial charge in [-0.25, -0.2) is 0 Å². The highest BCUT2D eigenvalue weighted by Crippen LogP contribution is 2.53. The molecular weight excluding hydrogens is 468 g/mol. The van der Waals surface area contributed by atoms with Gasteiger partial charge in [-0.2, -0.15) is 0 Å².